The molecular weight excluding hydrogens is 390 g/mol. The normalized spacial score (nSPS) is 17.3. The van der Waals surface area contributed by atoms with Crippen LogP contribution < -0.4 is 10.1 Å². The zero-order valence-electron chi connectivity index (χ0n) is 18.9. The Labute approximate surface area is 184 Å². The van der Waals surface area contributed by atoms with Crippen LogP contribution in [0.4, 0.5) is 5.82 Å². The molecule has 7 heteroatoms. The summed E-state index contributed by atoms with van der Waals surface area (Å²) in [4.78, 5) is 26.1. The largest absolute Gasteiger partial charge is 0.491 e. The van der Waals surface area contributed by atoms with Gasteiger partial charge in [0.2, 0.25) is 5.91 Å². The summed E-state index contributed by atoms with van der Waals surface area (Å²) >= 11 is 0. The Morgan fingerprint density at radius 1 is 1.19 bits per heavy atom. The van der Waals surface area contributed by atoms with Crippen LogP contribution in [0, 0.1) is 6.92 Å². The predicted molar refractivity (Wildman–Crippen MR) is 121 cm³/mol. The van der Waals surface area contributed by atoms with E-state index in [0.29, 0.717) is 25.6 Å². The van der Waals surface area contributed by atoms with Gasteiger partial charge in [-0.25, -0.2) is 9.97 Å². The van der Waals surface area contributed by atoms with E-state index in [9.17, 15) is 4.79 Å². The maximum Gasteiger partial charge on any atom is 0.219 e. The van der Waals surface area contributed by atoms with Gasteiger partial charge in [0.15, 0.2) is 0 Å². The fourth-order valence-corrected chi connectivity index (χ4v) is 4.35. The van der Waals surface area contributed by atoms with Crippen LogP contribution in [0.1, 0.15) is 48.3 Å². The van der Waals surface area contributed by atoms with Crippen molar-refractivity contribution in [2.24, 2.45) is 0 Å². The molecule has 1 N–H and O–H groups in total. The third-order valence-electron chi connectivity index (χ3n) is 6.35. The fourth-order valence-electron chi connectivity index (χ4n) is 4.35. The summed E-state index contributed by atoms with van der Waals surface area (Å²) < 4.78 is 5.94. The number of fused-ring (bicyclic) bond motifs is 1. The highest BCUT2D eigenvalue weighted by atomic mass is 16.5. The Bertz CT molecular complexity index is 924. The molecule has 1 amide bonds. The van der Waals surface area contributed by atoms with E-state index in [1.165, 1.54) is 0 Å². The number of aryl methyl sites for hydroxylation is 1. The van der Waals surface area contributed by atoms with E-state index in [0.717, 1.165) is 73.1 Å². The highest BCUT2D eigenvalue weighted by Gasteiger charge is 2.27. The first-order valence-electron chi connectivity index (χ1n) is 11.3. The topological polar surface area (TPSA) is 70.6 Å². The lowest BCUT2D eigenvalue weighted by molar-refractivity contribution is -0.129. The Morgan fingerprint density at radius 3 is 2.71 bits per heavy atom. The molecule has 31 heavy (non-hydrogen) atoms. The van der Waals surface area contributed by atoms with E-state index < -0.39 is 0 Å². The van der Waals surface area contributed by atoms with Crippen LogP contribution >= 0.6 is 0 Å². The number of nitrogens with one attached hydrogen (secondary N) is 1. The molecule has 3 heterocycles. The van der Waals surface area contributed by atoms with Crippen molar-refractivity contribution in [1.29, 1.82) is 0 Å². The quantitative estimate of drug-likeness (QED) is 0.721. The summed E-state index contributed by atoms with van der Waals surface area (Å²) in [7, 11) is 2.17. The minimum absolute atomic E-state index is 0.0962. The van der Waals surface area contributed by atoms with E-state index in [1.807, 2.05) is 36.1 Å². The average molecular weight is 424 g/mol. The first-order valence-corrected chi connectivity index (χ1v) is 11.3. The molecule has 166 valence electrons. The van der Waals surface area contributed by atoms with E-state index >= 15 is 0 Å². The number of hydrogen-bond donors (Lipinski definition) is 1. The lowest BCUT2D eigenvalue weighted by atomic mass is 9.95. The van der Waals surface area contributed by atoms with Crippen molar-refractivity contribution in [3.63, 3.8) is 0 Å². The second-order valence-electron chi connectivity index (χ2n) is 8.66. The summed E-state index contributed by atoms with van der Waals surface area (Å²) in [6.45, 7) is 8.32. The van der Waals surface area contributed by atoms with Gasteiger partial charge in [0.25, 0.3) is 0 Å². The van der Waals surface area contributed by atoms with Crippen molar-refractivity contribution in [3.8, 4) is 5.75 Å². The first-order chi connectivity index (χ1) is 15.0. The Morgan fingerprint density at radius 2 is 1.97 bits per heavy atom. The molecule has 2 aromatic rings. The van der Waals surface area contributed by atoms with Gasteiger partial charge in [0.05, 0.1) is 18.8 Å². The van der Waals surface area contributed by atoms with Crippen LogP contribution in [-0.2, 0) is 17.8 Å². The van der Waals surface area contributed by atoms with Gasteiger partial charge < -0.3 is 19.9 Å². The molecule has 0 unspecified atom stereocenters. The van der Waals surface area contributed by atoms with Crippen molar-refractivity contribution in [1.82, 2.24) is 19.8 Å². The van der Waals surface area contributed by atoms with Crippen LogP contribution in [0.2, 0.25) is 0 Å². The Kier molecular flexibility index (Phi) is 6.70. The third kappa shape index (κ3) is 5.15. The highest BCUT2D eigenvalue weighted by molar-refractivity contribution is 5.74. The lowest BCUT2D eigenvalue weighted by Crippen LogP contribution is -2.36. The summed E-state index contributed by atoms with van der Waals surface area (Å²) in [6, 6.07) is 8.04. The van der Waals surface area contributed by atoms with E-state index in [2.05, 4.69) is 17.3 Å². The van der Waals surface area contributed by atoms with Crippen LogP contribution in [-0.4, -0.2) is 65.5 Å². The summed E-state index contributed by atoms with van der Waals surface area (Å²) in [6.07, 6.45) is 2.96. The number of para-hydroxylation sites is 1. The molecule has 0 radical (unpaired) electrons. The van der Waals surface area contributed by atoms with Crippen LogP contribution in [0.3, 0.4) is 0 Å². The maximum atomic E-state index is 12.0. The molecular formula is C24H33N5O2. The number of piperidine rings is 1. The molecule has 1 aromatic carbocycles. The number of nitrogens with zero attached hydrogens (tertiary/aromatic N) is 4. The molecule has 0 saturated carbocycles. The molecule has 1 fully saturated rings. The van der Waals surface area contributed by atoms with Gasteiger partial charge in [-0.05, 0) is 51.5 Å². The van der Waals surface area contributed by atoms with Gasteiger partial charge in [-0.3, -0.25) is 4.79 Å². The summed E-state index contributed by atoms with van der Waals surface area (Å²) in [5.74, 6) is 3.21. The van der Waals surface area contributed by atoms with E-state index in [-0.39, 0.29) is 5.91 Å². The van der Waals surface area contributed by atoms with Crippen LogP contribution in [0.5, 0.6) is 5.75 Å². The number of ether oxygens (including phenoxy) is 1. The van der Waals surface area contributed by atoms with Gasteiger partial charge in [-0.1, -0.05) is 18.2 Å². The number of anilines is 1. The average Bonchev–Trinajstić information content (AvgIpc) is 2.77. The zero-order valence-corrected chi connectivity index (χ0v) is 18.9. The minimum Gasteiger partial charge on any atom is -0.491 e. The predicted octanol–water partition coefficient (Wildman–Crippen LogP) is 2.99. The molecule has 1 saturated heterocycles. The van der Waals surface area contributed by atoms with Gasteiger partial charge in [-0.2, -0.15) is 0 Å². The van der Waals surface area contributed by atoms with Gasteiger partial charge in [-0.15, -0.1) is 0 Å². The number of amides is 1. The van der Waals surface area contributed by atoms with Crippen molar-refractivity contribution in [2.45, 2.75) is 45.6 Å². The van der Waals surface area contributed by atoms with Crippen molar-refractivity contribution in [3.05, 3.63) is 46.9 Å². The monoisotopic (exact) mass is 423 g/mol. The van der Waals surface area contributed by atoms with Gasteiger partial charge in [0, 0.05) is 31.4 Å². The second-order valence-corrected chi connectivity index (χ2v) is 8.66. The molecule has 7 nitrogen and oxygen atoms in total. The first kappa shape index (κ1) is 21.6. The molecule has 2 aliphatic rings. The number of benzene rings is 1. The second kappa shape index (κ2) is 9.64. The molecule has 2 aliphatic heterocycles. The number of carbonyl (C=O) groups excluding carboxylic acids is 1. The maximum absolute atomic E-state index is 12.0. The number of carbonyl (C=O) groups is 1. The number of aromatic nitrogens is 2. The molecule has 0 atom stereocenters. The zero-order chi connectivity index (χ0) is 21.8. The number of rotatable bonds is 6. The van der Waals surface area contributed by atoms with Crippen molar-refractivity contribution >= 4 is 11.7 Å². The third-order valence-corrected chi connectivity index (χ3v) is 6.35. The SMILES string of the molecule is CC(=O)N1CCc2nc(C3CCN(C)CC3)nc(NCCOc3ccccc3C)c2C1. The van der Waals surface area contributed by atoms with Crippen molar-refractivity contribution in [2.75, 3.05) is 45.2 Å². The number of likely N-dealkylation sites (tertiary alicyclic amines) is 1. The van der Waals surface area contributed by atoms with Gasteiger partial charge >= 0.3 is 0 Å². The molecule has 0 spiro atoms. The molecule has 0 bridgehead atoms. The lowest BCUT2D eigenvalue weighted by Gasteiger charge is -2.31. The van der Waals surface area contributed by atoms with E-state index in [1.54, 1.807) is 6.92 Å². The molecule has 0 aliphatic carbocycles. The van der Waals surface area contributed by atoms with E-state index in [4.69, 9.17) is 14.7 Å². The summed E-state index contributed by atoms with van der Waals surface area (Å²) in [5, 5.41) is 3.49. The highest BCUT2D eigenvalue weighted by Crippen LogP contribution is 2.30. The van der Waals surface area contributed by atoms with Gasteiger partial charge in [0.1, 0.15) is 24.0 Å². The summed E-state index contributed by atoms with van der Waals surface area (Å²) in [5.41, 5.74) is 3.27. The smallest absolute Gasteiger partial charge is 0.219 e. The molecule has 4 rings (SSSR count). The van der Waals surface area contributed by atoms with Crippen molar-refractivity contribution < 1.29 is 9.53 Å². The number of hydrogen-bond acceptors (Lipinski definition) is 6. The standard InChI is InChI=1S/C24H33N5O2/c1-17-6-4-5-7-22(17)31-15-11-25-24-20-16-29(18(2)30)14-10-21(20)26-23(27-24)19-8-12-28(3)13-9-19/h4-7,19H,8-16H2,1-3H3,(H,25,26,27). The fraction of sp³-hybridized carbons (Fsp3) is 0.542. The van der Waals surface area contributed by atoms with Crippen LogP contribution in [0.15, 0.2) is 24.3 Å². The molecule has 1 aromatic heterocycles. The minimum atomic E-state index is 0.0962. The Hall–Kier alpha value is -2.67. The Balaban J connectivity index is 1.50. The van der Waals surface area contributed by atoms with Crippen LogP contribution in [0.25, 0.3) is 0 Å².